The highest BCUT2D eigenvalue weighted by atomic mass is 79.9. The summed E-state index contributed by atoms with van der Waals surface area (Å²) in [5.74, 6) is 1.78. The Labute approximate surface area is 136 Å². The van der Waals surface area contributed by atoms with Gasteiger partial charge in [-0.15, -0.1) is 11.8 Å². The Bertz CT molecular complexity index is 629. The number of Topliss-reactive ketones (excluding diaryl/α,β-unsaturated/α-hetero) is 1. The second-order valence-electron chi connectivity index (χ2n) is 4.22. The lowest BCUT2D eigenvalue weighted by Gasteiger charge is -2.11. The van der Waals surface area contributed by atoms with Crippen LogP contribution in [0.1, 0.15) is 10.4 Å². The lowest BCUT2D eigenvalue weighted by molar-refractivity contribution is 0.102. The van der Waals surface area contributed by atoms with Gasteiger partial charge in [0, 0.05) is 14.9 Å². The van der Waals surface area contributed by atoms with Crippen LogP contribution in [0.5, 0.6) is 11.5 Å². The summed E-state index contributed by atoms with van der Waals surface area (Å²) in [4.78, 5) is 13.1. The van der Waals surface area contributed by atoms with Gasteiger partial charge in [0.2, 0.25) is 0 Å². The van der Waals surface area contributed by atoms with Crippen LogP contribution in [0.2, 0.25) is 0 Å². The van der Waals surface area contributed by atoms with Crippen molar-refractivity contribution in [1.29, 1.82) is 0 Å². The molecule has 110 valence electrons. The number of ether oxygens (including phenoxy) is 2. The first-order valence-electron chi connectivity index (χ1n) is 6.28. The molecule has 0 amide bonds. The molecule has 0 fully saturated rings. The van der Waals surface area contributed by atoms with Crippen LogP contribution in [0.3, 0.4) is 0 Å². The molecule has 0 aliphatic rings. The lowest BCUT2D eigenvalue weighted by atomic mass is 10.2. The van der Waals surface area contributed by atoms with E-state index in [1.807, 2.05) is 42.5 Å². The maximum Gasteiger partial charge on any atom is 0.173 e. The smallest absolute Gasteiger partial charge is 0.173 e. The van der Waals surface area contributed by atoms with Gasteiger partial charge in [-0.1, -0.05) is 30.3 Å². The SMILES string of the molecule is COc1cc(Br)c(SCC(=O)c2ccccc2)cc1OC. The number of hydrogen-bond donors (Lipinski definition) is 0. The summed E-state index contributed by atoms with van der Waals surface area (Å²) in [5.41, 5.74) is 0.724. The lowest BCUT2D eigenvalue weighted by Crippen LogP contribution is -2.02. The van der Waals surface area contributed by atoms with Gasteiger partial charge in [0.05, 0.1) is 20.0 Å². The molecular weight excluding hydrogens is 352 g/mol. The molecule has 0 N–H and O–H groups in total. The van der Waals surface area contributed by atoms with Gasteiger partial charge in [-0.25, -0.2) is 0 Å². The van der Waals surface area contributed by atoms with E-state index in [-0.39, 0.29) is 5.78 Å². The van der Waals surface area contributed by atoms with E-state index in [9.17, 15) is 4.79 Å². The zero-order valence-corrected chi connectivity index (χ0v) is 14.2. The Kier molecular flexibility index (Phi) is 5.70. The van der Waals surface area contributed by atoms with Crippen LogP contribution in [0.25, 0.3) is 0 Å². The maximum absolute atomic E-state index is 12.1. The minimum atomic E-state index is 0.0993. The molecule has 0 bridgehead atoms. The van der Waals surface area contributed by atoms with Crippen molar-refractivity contribution >= 4 is 33.5 Å². The summed E-state index contributed by atoms with van der Waals surface area (Å²) >= 11 is 4.96. The summed E-state index contributed by atoms with van der Waals surface area (Å²) in [6.45, 7) is 0. The Balaban J connectivity index is 2.11. The number of thioether (sulfide) groups is 1. The van der Waals surface area contributed by atoms with Crippen LogP contribution >= 0.6 is 27.7 Å². The Hall–Kier alpha value is -1.46. The highest BCUT2D eigenvalue weighted by Gasteiger charge is 2.12. The van der Waals surface area contributed by atoms with Gasteiger partial charge in [0.15, 0.2) is 17.3 Å². The summed E-state index contributed by atoms with van der Waals surface area (Å²) in [7, 11) is 3.19. The van der Waals surface area contributed by atoms with Crippen LogP contribution in [-0.4, -0.2) is 25.8 Å². The van der Waals surface area contributed by atoms with Gasteiger partial charge < -0.3 is 9.47 Å². The summed E-state index contributed by atoms with van der Waals surface area (Å²) < 4.78 is 11.4. The fraction of sp³-hybridized carbons (Fsp3) is 0.188. The minimum absolute atomic E-state index is 0.0993. The monoisotopic (exact) mass is 366 g/mol. The number of carbonyl (C=O) groups is 1. The molecule has 0 heterocycles. The van der Waals surface area contributed by atoms with Crippen molar-refractivity contribution in [3.8, 4) is 11.5 Å². The molecule has 2 rings (SSSR count). The molecule has 0 aliphatic carbocycles. The molecule has 0 saturated heterocycles. The van der Waals surface area contributed by atoms with Crippen molar-refractivity contribution in [2.75, 3.05) is 20.0 Å². The molecule has 0 atom stereocenters. The minimum Gasteiger partial charge on any atom is -0.493 e. The number of methoxy groups -OCH3 is 2. The standard InChI is InChI=1S/C16H15BrO3S/c1-19-14-8-12(17)16(9-15(14)20-2)21-10-13(18)11-6-4-3-5-7-11/h3-9H,10H2,1-2H3. The summed E-state index contributed by atoms with van der Waals surface area (Å²) in [5, 5.41) is 0. The average molecular weight is 367 g/mol. The van der Waals surface area contributed by atoms with Crippen LogP contribution in [0.15, 0.2) is 51.8 Å². The quantitative estimate of drug-likeness (QED) is 0.559. The van der Waals surface area contributed by atoms with Crippen molar-refractivity contribution < 1.29 is 14.3 Å². The Morgan fingerprint density at radius 1 is 1.10 bits per heavy atom. The van der Waals surface area contributed by atoms with Crippen molar-refractivity contribution in [1.82, 2.24) is 0 Å². The van der Waals surface area contributed by atoms with Gasteiger partial charge in [-0.2, -0.15) is 0 Å². The second kappa shape index (κ2) is 7.52. The number of halogens is 1. The fourth-order valence-electron chi connectivity index (χ4n) is 1.80. The molecule has 2 aromatic rings. The van der Waals surface area contributed by atoms with Crippen LogP contribution in [-0.2, 0) is 0 Å². The zero-order chi connectivity index (χ0) is 15.2. The van der Waals surface area contributed by atoms with E-state index >= 15 is 0 Å². The molecular formula is C16H15BrO3S. The van der Waals surface area contributed by atoms with Crippen LogP contribution in [0, 0.1) is 0 Å². The highest BCUT2D eigenvalue weighted by Crippen LogP contribution is 2.38. The number of rotatable bonds is 6. The van der Waals surface area contributed by atoms with Crippen molar-refractivity contribution in [3.05, 3.63) is 52.5 Å². The predicted octanol–water partition coefficient (Wildman–Crippen LogP) is 4.44. The third-order valence-corrected chi connectivity index (χ3v) is 4.87. The third kappa shape index (κ3) is 4.02. The normalized spacial score (nSPS) is 10.2. The van der Waals surface area contributed by atoms with Gasteiger partial charge >= 0.3 is 0 Å². The van der Waals surface area contributed by atoms with E-state index in [2.05, 4.69) is 15.9 Å². The van der Waals surface area contributed by atoms with Crippen molar-refractivity contribution in [2.45, 2.75) is 4.90 Å². The molecule has 5 heteroatoms. The van der Waals surface area contributed by atoms with Crippen molar-refractivity contribution in [3.63, 3.8) is 0 Å². The molecule has 0 aromatic heterocycles. The van der Waals surface area contributed by atoms with Crippen LogP contribution < -0.4 is 9.47 Å². The Morgan fingerprint density at radius 3 is 2.33 bits per heavy atom. The van der Waals surface area contributed by atoms with Gasteiger partial charge in [0.25, 0.3) is 0 Å². The molecule has 0 unspecified atom stereocenters. The van der Waals surface area contributed by atoms with E-state index in [1.165, 1.54) is 11.8 Å². The number of carbonyl (C=O) groups excluding carboxylic acids is 1. The molecule has 2 aromatic carbocycles. The van der Waals surface area contributed by atoms with E-state index < -0.39 is 0 Å². The first-order chi connectivity index (χ1) is 10.2. The highest BCUT2D eigenvalue weighted by molar-refractivity contribution is 9.10. The Morgan fingerprint density at radius 2 is 1.71 bits per heavy atom. The summed E-state index contributed by atoms with van der Waals surface area (Å²) in [6.07, 6.45) is 0. The molecule has 0 radical (unpaired) electrons. The largest absolute Gasteiger partial charge is 0.493 e. The van der Waals surface area contributed by atoms with E-state index in [0.717, 1.165) is 14.9 Å². The fourth-order valence-corrected chi connectivity index (χ4v) is 3.30. The summed E-state index contributed by atoms with van der Waals surface area (Å²) in [6, 6.07) is 13.0. The van der Waals surface area contributed by atoms with Crippen molar-refractivity contribution in [2.24, 2.45) is 0 Å². The number of benzene rings is 2. The average Bonchev–Trinajstić information content (AvgIpc) is 2.53. The number of ketones is 1. The van der Waals surface area contributed by atoms with Gasteiger partial charge in [0.1, 0.15) is 0 Å². The molecule has 0 spiro atoms. The first kappa shape index (κ1) is 15.9. The number of hydrogen-bond acceptors (Lipinski definition) is 4. The van der Waals surface area contributed by atoms with E-state index in [4.69, 9.17) is 9.47 Å². The maximum atomic E-state index is 12.1. The molecule has 0 aliphatic heterocycles. The first-order valence-corrected chi connectivity index (χ1v) is 8.06. The predicted molar refractivity (Wildman–Crippen MR) is 88.7 cm³/mol. The van der Waals surface area contributed by atoms with Gasteiger partial charge in [-0.3, -0.25) is 4.79 Å². The third-order valence-electron chi connectivity index (χ3n) is 2.89. The molecule has 0 saturated carbocycles. The molecule has 21 heavy (non-hydrogen) atoms. The molecule has 3 nitrogen and oxygen atoms in total. The van der Waals surface area contributed by atoms with E-state index in [1.54, 1.807) is 14.2 Å². The zero-order valence-electron chi connectivity index (χ0n) is 11.8. The van der Waals surface area contributed by atoms with Gasteiger partial charge in [-0.05, 0) is 28.1 Å². The van der Waals surface area contributed by atoms with E-state index in [0.29, 0.717) is 17.3 Å². The topological polar surface area (TPSA) is 35.5 Å². The second-order valence-corrected chi connectivity index (χ2v) is 6.09. The van der Waals surface area contributed by atoms with Crippen LogP contribution in [0.4, 0.5) is 0 Å².